The molecule has 2 rings (SSSR count). The Hall–Kier alpha value is -0.874. The van der Waals surface area contributed by atoms with Gasteiger partial charge in [0.2, 0.25) is 0 Å². The molecule has 0 bridgehead atoms. The van der Waals surface area contributed by atoms with Crippen LogP contribution in [0.3, 0.4) is 0 Å². The van der Waals surface area contributed by atoms with Crippen molar-refractivity contribution in [1.29, 1.82) is 0 Å². The van der Waals surface area contributed by atoms with E-state index in [9.17, 15) is 19.1 Å². The maximum absolute atomic E-state index is 13.5. The molecule has 2 aromatic carbocycles. The fraction of sp³-hybridized carbons (Fsp3) is 0.176. The Balaban J connectivity index is 0.00000364. The van der Waals surface area contributed by atoms with Crippen LogP contribution in [-0.2, 0) is 10.3 Å². The molecule has 0 aliphatic heterocycles. The van der Waals surface area contributed by atoms with Gasteiger partial charge in [-0.2, -0.15) is 0 Å². The van der Waals surface area contributed by atoms with Gasteiger partial charge in [-0.25, -0.2) is 9.18 Å². The number of amides is 2. The first-order valence-electron chi connectivity index (χ1n) is 7.26. The summed E-state index contributed by atoms with van der Waals surface area (Å²) in [5, 5.41) is 16.6. The summed E-state index contributed by atoms with van der Waals surface area (Å²) in [7, 11) is 1.34. The number of methoxy groups -OCH3 is 1. The Bertz CT molecular complexity index is 869. The molecule has 0 heterocycles. The van der Waals surface area contributed by atoms with Gasteiger partial charge in [0.25, 0.3) is 0 Å². The minimum absolute atomic E-state index is 0. The van der Waals surface area contributed by atoms with E-state index in [1.807, 2.05) is 0 Å². The number of aliphatic carboxylic acids is 1. The molecule has 27 heavy (non-hydrogen) atoms. The van der Waals surface area contributed by atoms with Crippen molar-refractivity contribution in [2.45, 2.75) is 12.5 Å². The largest absolute Gasteiger partial charge is 1.00 e. The summed E-state index contributed by atoms with van der Waals surface area (Å²) in [5.74, 6) is -2.01. The van der Waals surface area contributed by atoms with E-state index in [1.165, 1.54) is 38.3 Å². The van der Waals surface area contributed by atoms with Crippen molar-refractivity contribution in [3.05, 3.63) is 57.8 Å². The van der Waals surface area contributed by atoms with E-state index in [0.717, 1.165) is 12.1 Å². The van der Waals surface area contributed by atoms with Gasteiger partial charge in [-0.15, -0.1) is 0 Å². The molecule has 0 saturated heterocycles. The van der Waals surface area contributed by atoms with E-state index in [1.54, 1.807) is 0 Å². The van der Waals surface area contributed by atoms with Crippen LogP contribution in [0.15, 0.2) is 36.4 Å². The molecule has 10 heteroatoms. The number of ether oxygens (including phenoxy) is 1. The molecule has 0 radical (unpaired) electrons. The van der Waals surface area contributed by atoms with E-state index in [0.29, 0.717) is 0 Å². The Morgan fingerprint density at radius 2 is 1.81 bits per heavy atom. The molecule has 0 saturated carbocycles. The van der Waals surface area contributed by atoms with Crippen LogP contribution in [0.4, 0.5) is 14.9 Å². The number of carbonyl (C=O) groups excluding carboxylic acids is 2. The van der Waals surface area contributed by atoms with E-state index in [2.05, 4.69) is 10.6 Å². The summed E-state index contributed by atoms with van der Waals surface area (Å²) >= 11 is 11.7. The summed E-state index contributed by atoms with van der Waals surface area (Å²) < 4.78 is 18.4. The molecular formula is C17H14Cl2FKN2O4. The molecule has 1 unspecified atom stereocenters. The third-order valence-electron chi connectivity index (χ3n) is 3.63. The van der Waals surface area contributed by atoms with Crippen LogP contribution in [0, 0.1) is 5.82 Å². The number of carboxylic acids is 1. The van der Waals surface area contributed by atoms with Gasteiger partial charge < -0.3 is 25.3 Å². The number of hydrogen-bond donors (Lipinski definition) is 2. The van der Waals surface area contributed by atoms with Crippen molar-refractivity contribution >= 4 is 40.9 Å². The zero-order valence-corrected chi connectivity index (χ0v) is 19.4. The minimum Gasteiger partial charge on any atom is -0.547 e. The summed E-state index contributed by atoms with van der Waals surface area (Å²) in [6.07, 6.45) is 0. The first-order valence-corrected chi connectivity index (χ1v) is 8.02. The molecule has 0 aliphatic carbocycles. The number of nitrogens with one attached hydrogen (secondary N) is 2. The molecule has 0 spiro atoms. The Kier molecular flexibility index (Phi) is 9.00. The van der Waals surface area contributed by atoms with Crippen LogP contribution >= 0.6 is 23.2 Å². The van der Waals surface area contributed by atoms with Gasteiger partial charge in [0.15, 0.2) is 0 Å². The molecule has 0 aromatic heterocycles. The molecule has 6 nitrogen and oxygen atoms in total. The monoisotopic (exact) mass is 438 g/mol. The summed E-state index contributed by atoms with van der Waals surface area (Å²) in [6, 6.07) is 6.77. The van der Waals surface area contributed by atoms with Gasteiger partial charge in [-0.3, -0.25) is 0 Å². The molecule has 138 valence electrons. The van der Waals surface area contributed by atoms with Gasteiger partial charge in [0.05, 0.1) is 23.1 Å². The average Bonchev–Trinajstić information content (AvgIpc) is 2.56. The third kappa shape index (κ3) is 6.05. The van der Waals surface area contributed by atoms with Crippen molar-refractivity contribution in [2.75, 3.05) is 12.4 Å². The van der Waals surface area contributed by atoms with E-state index < -0.39 is 23.4 Å². The average molecular weight is 439 g/mol. The zero-order chi connectivity index (χ0) is 19.5. The number of halogens is 3. The number of benzene rings is 2. The summed E-state index contributed by atoms with van der Waals surface area (Å²) in [6.45, 7) is 1.23. The number of carboxylic acid groups (broad SMARTS) is 1. The Labute approximate surface area is 207 Å². The quantitative estimate of drug-likeness (QED) is 0.639. The van der Waals surface area contributed by atoms with Gasteiger partial charge in [0.1, 0.15) is 17.1 Å². The number of rotatable bonds is 5. The van der Waals surface area contributed by atoms with Crippen molar-refractivity contribution < 1.29 is 75.2 Å². The van der Waals surface area contributed by atoms with Gasteiger partial charge in [0, 0.05) is 17.8 Å². The second-order valence-electron chi connectivity index (χ2n) is 5.50. The number of urea groups is 1. The van der Waals surface area contributed by atoms with Crippen molar-refractivity contribution in [2.24, 2.45) is 0 Å². The molecule has 0 fully saturated rings. The summed E-state index contributed by atoms with van der Waals surface area (Å²) in [5.41, 5.74) is -1.68. The first kappa shape index (κ1) is 24.2. The van der Waals surface area contributed by atoms with Crippen LogP contribution < -0.4 is 71.9 Å². The fourth-order valence-corrected chi connectivity index (χ4v) is 2.49. The van der Waals surface area contributed by atoms with Crippen molar-refractivity contribution in [1.82, 2.24) is 5.32 Å². The first-order chi connectivity index (χ1) is 12.2. The van der Waals surface area contributed by atoms with E-state index in [-0.39, 0.29) is 78.4 Å². The van der Waals surface area contributed by atoms with Crippen LogP contribution in [0.2, 0.25) is 10.0 Å². The van der Waals surface area contributed by atoms with E-state index in [4.69, 9.17) is 27.9 Å². The number of hydrogen-bond acceptors (Lipinski definition) is 4. The Morgan fingerprint density at radius 1 is 1.15 bits per heavy atom. The second-order valence-corrected chi connectivity index (χ2v) is 6.31. The molecule has 2 N–H and O–H groups in total. The van der Waals surface area contributed by atoms with Crippen LogP contribution in [0.5, 0.6) is 5.75 Å². The predicted octanol–water partition coefficient (Wildman–Crippen LogP) is -0.0681. The maximum Gasteiger partial charge on any atom is 1.00 e. The normalized spacial score (nSPS) is 12.3. The van der Waals surface area contributed by atoms with Crippen molar-refractivity contribution in [3.8, 4) is 5.75 Å². The molecule has 2 amide bonds. The second kappa shape index (κ2) is 10.1. The Morgan fingerprint density at radius 3 is 2.37 bits per heavy atom. The van der Waals surface area contributed by atoms with Gasteiger partial charge in [-0.1, -0.05) is 29.3 Å². The molecule has 0 aliphatic rings. The molecule has 1 atom stereocenters. The molecular weight excluding hydrogens is 425 g/mol. The van der Waals surface area contributed by atoms with E-state index >= 15 is 0 Å². The maximum atomic E-state index is 13.5. The standard InChI is InChI=1S/C17H15Cl2FN2O4.K/c1-17(15(23)24,9-3-4-13(18)14(19)5-9)22-16(25)21-11-6-10(20)7-12(8-11)26-2;/h3-8H,1-2H3,(H,23,24)(H2,21,22,25);/q;+1/p-1. The van der Waals surface area contributed by atoms with Gasteiger partial charge >= 0.3 is 57.4 Å². The van der Waals surface area contributed by atoms with Gasteiger partial charge in [-0.05, 0) is 30.7 Å². The SMILES string of the molecule is COc1cc(F)cc(NC(=O)NC(C)(C(=O)[O-])c2ccc(Cl)c(Cl)c2)c1.[K+]. The third-order valence-corrected chi connectivity index (χ3v) is 4.37. The zero-order valence-electron chi connectivity index (χ0n) is 14.7. The number of anilines is 1. The smallest absolute Gasteiger partial charge is 0.547 e. The fourth-order valence-electron chi connectivity index (χ4n) is 2.19. The number of carbonyl (C=O) groups is 2. The van der Waals surface area contributed by atoms with Crippen LogP contribution in [0.25, 0.3) is 0 Å². The van der Waals surface area contributed by atoms with Crippen LogP contribution in [-0.4, -0.2) is 19.1 Å². The minimum atomic E-state index is -1.91. The van der Waals surface area contributed by atoms with Crippen molar-refractivity contribution in [3.63, 3.8) is 0 Å². The topological polar surface area (TPSA) is 90.5 Å². The summed E-state index contributed by atoms with van der Waals surface area (Å²) in [4.78, 5) is 23.9. The molecule has 2 aromatic rings. The van der Waals surface area contributed by atoms with Crippen LogP contribution in [0.1, 0.15) is 12.5 Å². The predicted molar refractivity (Wildman–Crippen MR) is 93.9 cm³/mol.